The van der Waals surface area contributed by atoms with Crippen molar-refractivity contribution < 1.29 is 30.3 Å². The lowest BCUT2D eigenvalue weighted by Crippen LogP contribution is -2.73. The summed E-state index contributed by atoms with van der Waals surface area (Å²) in [6.45, 7) is 12.9. The van der Waals surface area contributed by atoms with Crippen LogP contribution in [0.4, 0.5) is 0 Å². The first-order valence-corrected chi connectivity index (χ1v) is 14.3. The maximum absolute atomic E-state index is 12.8. The molecule has 5 N–H and O–H groups in total. The first-order valence-electron chi connectivity index (χ1n) is 14.3. The molecule has 0 spiro atoms. The van der Waals surface area contributed by atoms with Crippen molar-refractivity contribution in [1.82, 2.24) is 0 Å². The van der Waals surface area contributed by atoms with Gasteiger partial charge in [-0.1, -0.05) is 53.2 Å². The summed E-state index contributed by atoms with van der Waals surface area (Å²) in [7, 11) is 0. The van der Waals surface area contributed by atoms with E-state index in [0.29, 0.717) is 18.3 Å². The van der Waals surface area contributed by atoms with Crippen molar-refractivity contribution in [3.8, 4) is 0 Å². The standard InChI is InChI=1S/C30H48O6/c1-16-9-12-30(25(35)36)14-13-27(4)18(21(30)17(16)2)7-8-20-28(27,5)11-10-19-26(3,15-31)23(33)22(32)24(34)29(19,20)6/h7,16-17,19-24,31-34H,8-15H2,1-6H3,(H,35,36)/t16-,17+,19?,20+,21+,22+,23-,24-,26-,27-,28-,29+,30+/m1/s1. The fraction of sp³-hybridized carbons (Fsp3) is 0.900. The highest BCUT2D eigenvalue weighted by Crippen LogP contribution is 2.75. The zero-order chi connectivity index (χ0) is 26.6. The monoisotopic (exact) mass is 504 g/mol. The van der Waals surface area contributed by atoms with Gasteiger partial charge in [-0.05, 0) is 85.4 Å². The van der Waals surface area contributed by atoms with Gasteiger partial charge in [-0.15, -0.1) is 0 Å². The van der Waals surface area contributed by atoms with E-state index in [-0.39, 0.29) is 35.2 Å². The minimum atomic E-state index is -1.31. The number of aliphatic carboxylic acids is 1. The molecule has 6 nitrogen and oxygen atoms in total. The van der Waals surface area contributed by atoms with Gasteiger partial charge >= 0.3 is 5.97 Å². The molecular weight excluding hydrogens is 456 g/mol. The van der Waals surface area contributed by atoms with Crippen LogP contribution in [0.5, 0.6) is 0 Å². The van der Waals surface area contributed by atoms with E-state index in [9.17, 15) is 30.3 Å². The normalized spacial score (nSPS) is 58.6. The number of fused-ring (bicyclic) bond motifs is 7. The molecule has 0 heterocycles. The number of carboxylic acids is 1. The molecule has 6 heteroatoms. The third-order valence-corrected chi connectivity index (χ3v) is 13.7. The Morgan fingerprint density at radius 1 is 0.944 bits per heavy atom. The Balaban J connectivity index is 1.65. The Morgan fingerprint density at radius 3 is 2.22 bits per heavy atom. The topological polar surface area (TPSA) is 118 Å². The first-order chi connectivity index (χ1) is 16.7. The van der Waals surface area contributed by atoms with Gasteiger partial charge in [0.25, 0.3) is 0 Å². The SMILES string of the molecule is C[C@H]1[C@H](C)CC[C@]2(C(=O)O)CC[C@]3(C)C(=CC[C@@H]4[C@]5(C)C(CC[C@]43C)[C@@](C)(CO)[C@H](O)[C@H](O)[C@H]5O)[C@H]12. The summed E-state index contributed by atoms with van der Waals surface area (Å²) in [6.07, 6.45) is 4.32. The number of hydrogen-bond acceptors (Lipinski definition) is 5. The summed E-state index contributed by atoms with van der Waals surface area (Å²) >= 11 is 0. The summed E-state index contributed by atoms with van der Waals surface area (Å²) < 4.78 is 0. The minimum Gasteiger partial charge on any atom is -0.481 e. The second kappa shape index (κ2) is 8.03. The van der Waals surface area contributed by atoms with Crippen molar-refractivity contribution in [3.05, 3.63) is 11.6 Å². The molecule has 0 aromatic heterocycles. The predicted molar refractivity (Wildman–Crippen MR) is 137 cm³/mol. The second-order valence-corrected chi connectivity index (χ2v) is 14.5. The first kappa shape index (κ1) is 26.6. The molecular formula is C30H48O6. The summed E-state index contributed by atoms with van der Waals surface area (Å²) in [4.78, 5) is 12.8. The lowest BCUT2D eigenvalue weighted by atomic mass is 9.32. The highest BCUT2D eigenvalue weighted by Gasteiger charge is 2.72. The van der Waals surface area contributed by atoms with E-state index < -0.39 is 40.5 Å². The lowest BCUT2D eigenvalue weighted by Gasteiger charge is -2.72. The van der Waals surface area contributed by atoms with Gasteiger partial charge in [0, 0.05) is 10.8 Å². The average molecular weight is 505 g/mol. The quantitative estimate of drug-likeness (QED) is 0.363. The van der Waals surface area contributed by atoms with Gasteiger partial charge in [-0.3, -0.25) is 4.79 Å². The van der Waals surface area contributed by atoms with E-state index in [4.69, 9.17) is 0 Å². The summed E-state index contributed by atoms with van der Waals surface area (Å²) in [5, 5.41) is 54.5. The number of allylic oxidation sites excluding steroid dienone is 2. The highest BCUT2D eigenvalue weighted by atomic mass is 16.4. The molecule has 36 heavy (non-hydrogen) atoms. The van der Waals surface area contributed by atoms with Crippen LogP contribution in [-0.4, -0.2) is 56.4 Å². The number of aliphatic hydroxyl groups is 4. The van der Waals surface area contributed by atoms with Crippen LogP contribution in [0.1, 0.15) is 86.5 Å². The molecule has 4 fully saturated rings. The van der Waals surface area contributed by atoms with Gasteiger partial charge in [-0.2, -0.15) is 0 Å². The zero-order valence-electron chi connectivity index (χ0n) is 23.0. The van der Waals surface area contributed by atoms with Crippen molar-refractivity contribution in [2.45, 2.75) is 105 Å². The Morgan fingerprint density at radius 2 is 1.61 bits per heavy atom. The van der Waals surface area contributed by atoms with E-state index >= 15 is 0 Å². The van der Waals surface area contributed by atoms with Crippen molar-refractivity contribution in [1.29, 1.82) is 0 Å². The Hall–Kier alpha value is -0.950. The van der Waals surface area contributed by atoms with E-state index in [2.05, 4.69) is 40.7 Å². The van der Waals surface area contributed by atoms with Crippen LogP contribution in [0, 0.1) is 56.7 Å². The Labute approximate surface area is 216 Å². The maximum atomic E-state index is 12.8. The largest absolute Gasteiger partial charge is 0.481 e. The molecule has 5 aliphatic rings. The van der Waals surface area contributed by atoms with Crippen LogP contribution in [-0.2, 0) is 4.79 Å². The third kappa shape index (κ3) is 2.85. The molecule has 0 radical (unpaired) electrons. The number of carboxylic acid groups (broad SMARTS) is 1. The van der Waals surface area contributed by atoms with Crippen LogP contribution < -0.4 is 0 Å². The van der Waals surface area contributed by atoms with E-state index in [0.717, 1.165) is 38.5 Å². The molecule has 4 saturated carbocycles. The van der Waals surface area contributed by atoms with Gasteiger partial charge in [-0.25, -0.2) is 0 Å². The van der Waals surface area contributed by atoms with Crippen LogP contribution in [0.15, 0.2) is 11.6 Å². The van der Waals surface area contributed by atoms with Gasteiger partial charge in [0.1, 0.15) is 6.10 Å². The third-order valence-electron chi connectivity index (χ3n) is 13.7. The van der Waals surface area contributed by atoms with E-state index in [1.54, 1.807) is 0 Å². The highest BCUT2D eigenvalue weighted by molar-refractivity contribution is 5.76. The molecule has 0 saturated heterocycles. The molecule has 5 rings (SSSR count). The Kier molecular flexibility index (Phi) is 5.95. The summed E-state index contributed by atoms with van der Waals surface area (Å²) in [5.74, 6) is 0.0710. The lowest BCUT2D eigenvalue weighted by molar-refractivity contribution is -0.287. The van der Waals surface area contributed by atoms with Crippen molar-refractivity contribution in [2.24, 2.45) is 56.7 Å². The van der Waals surface area contributed by atoms with Gasteiger partial charge in [0.15, 0.2) is 0 Å². The Bertz CT molecular complexity index is 963. The van der Waals surface area contributed by atoms with Gasteiger partial charge < -0.3 is 25.5 Å². The second-order valence-electron chi connectivity index (χ2n) is 14.5. The van der Waals surface area contributed by atoms with E-state index in [1.165, 1.54) is 5.57 Å². The van der Waals surface area contributed by atoms with Gasteiger partial charge in [0.2, 0.25) is 0 Å². The molecule has 204 valence electrons. The van der Waals surface area contributed by atoms with Crippen LogP contribution in [0.2, 0.25) is 0 Å². The molecule has 0 amide bonds. The summed E-state index contributed by atoms with van der Waals surface area (Å²) in [5.41, 5.74) is -1.32. The molecule has 0 bridgehead atoms. The van der Waals surface area contributed by atoms with Crippen LogP contribution >= 0.6 is 0 Å². The number of hydrogen-bond donors (Lipinski definition) is 5. The molecule has 0 aromatic carbocycles. The molecule has 0 aliphatic heterocycles. The smallest absolute Gasteiger partial charge is 0.310 e. The molecule has 1 unspecified atom stereocenters. The van der Waals surface area contributed by atoms with Crippen molar-refractivity contribution in [2.75, 3.05) is 6.61 Å². The maximum Gasteiger partial charge on any atom is 0.310 e. The van der Waals surface area contributed by atoms with Crippen LogP contribution in [0.25, 0.3) is 0 Å². The zero-order valence-corrected chi connectivity index (χ0v) is 23.0. The fourth-order valence-corrected chi connectivity index (χ4v) is 10.9. The average Bonchev–Trinajstić information content (AvgIpc) is 2.84. The predicted octanol–water partition coefficient (Wildman–Crippen LogP) is 4.00. The van der Waals surface area contributed by atoms with E-state index in [1.807, 2.05) is 6.92 Å². The van der Waals surface area contributed by atoms with Crippen molar-refractivity contribution in [3.63, 3.8) is 0 Å². The number of carbonyl (C=O) groups is 1. The minimum absolute atomic E-state index is 0.0206. The van der Waals surface area contributed by atoms with Crippen LogP contribution in [0.3, 0.4) is 0 Å². The summed E-state index contributed by atoms with van der Waals surface area (Å²) in [6, 6.07) is 0. The molecule has 13 atom stereocenters. The fourth-order valence-electron chi connectivity index (χ4n) is 10.9. The molecule has 5 aliphatic carbocycles. The van der Waals surface area contributed by atoms with Gasteiger partial charge in [0.05, 0.1) is 24.2 Å². The number of aliphatic hydroxyl groups excluding tert-OH is 4. The van der Waals surface area contributed by atoms with Crippen molar-refractivity contribution >= 4 is 5.97 Å². The number of rotatable bonds is 2. The molecule has 0 aromatic rings.